The molecule has 0 aliphatic rings. The normalized spacial score (nSPS) is 10.9. The predicted molar refractivity (Wildman–Crippen MR) is 70.9 cm³/mol. The highest BCUT2D eigenvalue weighted by Crippen LogP contribution is 2.24. The fourth-order valence-electron chi connectivity index (χ4n) is 1.48. The molecule has 2 aromatic rings. The summed E-state index contributed by atoms with van der Waals surface area (Å²) < 4.78 is 0. The van der Waals surface area contributed by atoms with E-state index in [0.717, 1.165) is 5.69 Å². The number of azo groups is 1. The van der Waals surface area contributed by atoms with E-state index in [4.69, 9.17) is 5.73 Å². The van der Waals surface area contributed by atoms with E-state index >= 15 is 0 Å². The maximum atomic E-state index is 5.78. The predicted octanol–water partition coefficient (Wildman–Crippen LogP) is 4.30. The average Bonchev–Trinajstić information content (AvgIpc) is 2.32. The Bertz CT molecular complexity index is 559. The largest absolute Gasteiger partial charge is 0.397 e. The van der Waals surface area contributed by atoms with Crippen LogP contribution in [0, 0.1) is 13.8 Å². The van der Waals surface area contributed by atoms with Gasteiger partial charge in [0.05, 0.1) is 11.4 Å². The van der Waals surface area contributed by atoms with Gasteiger partial charge in [-0.3, -0.25) is 0 Å². The van der Waals surface area contributed by atoms with Gasteiger partial charge in [-0.25, -0.2) is 0 Å². The van der Waals surface area contributed by atoms with Crippen LogP contribution in [-0.2, 0) is 0 Å². The highest BCUT2D eigenvalue weighted by atomic mass is 15.1. The van der Waals surface area contributed by atoms with Gasteiger partial charge in [-0.1, -0.05) is 18.2 Å². The molecule has 0 radical (unpaired) electrons. The van der Waals surface area contributed by atoms with Crippen LogP contribution in [0.15, 0.2) is 52.7 Å². The number of para-hydroxylation sites is 1. The maximum absolute atomic E-state index is 5.78. The average molecular weight is 225 g/mol. The number of aryl methyl sites for hydroxylation is 2. The number of anilines is 1. The number of nitrogens with two attached hydrogens (primary N) is 1. The summed E-state index contributed by atoms with van der Waals surface area (Å²) in [7, 11) is 0. The van der Waals surface area contributed by atoms with Crippen molar-refractivity contribution < 1.29 is 0 Å². The second kappa shape index (κ2) is 4.78. The minimum absolute atomic E-state index is 0.639. The van der Waals surface area contributed by atoms with Crippen LogP contribution < -0.4 is 5.73 Å². The number of hydrogen-bond donors (Lipinski definition) is 1. The highest BCUT2D eigenvalue weighted by molar-refractivity contribution is 5.61. The minimum atomic E-state index is 0.639. The second-order valence-corrected chi connectivity index (χ2v) is 4.03. The third-order valence-electron chi connectivity index (χ3n) is 2.70. The van der Waals surface area contributed by atoms with Gasteiger partial charge in [0.25, 0.3) is 0 Å². The lowest BCUT2D eigenvalue weighted by Crippen LogP contribution is -1.83. The molecule has 0 heterocycles. The lowest BCUT2D eigenvalue weighted by atomic mass is 10.1. The third kappa shape index (κ3) is 2.69. The Hall–Kier alpha value is -2.16. The Balaban J connectivity index is 2.26. The van der Waals surface area contributed by atoms with Crippen molar-refractivity contribution in [1.82, 2.24) is 0 Å². The van der Waals surface area contributed by atoms with Crippen LogP contribution in [0.3, 0.4) is 0 Å². The number of hydrogen-bond acceptors (Lipinski definition) is 3. The smallest absolute Gasteiger partial charge is 0.109 e. The molecule has 0 saturated carbocycles. The lowest BCUT2D eigenvalue weighted by Gasteiger charge is -2.00. The topological polar surface area (TPSA) is 50.7 Å². The second-order valence-electron chi connectivity index (χ2n) is 4.03. The van der Waals surface area contributed by atoms with Crippen molar-refractivity contribution in [3.8, 4) is 0 Å². The summed E-state index contributed by atoms with van der Waals surface area (Å²) in [4.78, 5) is 0. The first-order chi connectivity index (χ1) is 8.16. The molecule has 86 valence electrons. The van der Waals surface area contributed by atoms with Crippen molar-refractivity contribution in [2.24, 2.45) is 10.2 Å². The van der Waals surface area contributed by atoms with E-state index in [1.807, 2.05) is 42.5 Å². The zero-order valence-corrected chi connectivity index (χ0v) is 10.0. The molecule has 0 aromatic heterocycles. The number of rotatable bonds is 2. The van der Waals surface area contributed by atoms with Crippen LogP contribution in [0.1, 0.15) is 11.1 Å². The maximum Gasteiger partial charge on any atom is 0.109 e. The standard InChI is InChI=1S/C14H15N3/c1-10-7-8-12(9-11(10)2)16-17-14-6-4-3-5-13(14)15/h3-9H,15H2,1-2H3. The SMILES string of the molecule is Cc1ccc(N=Nc2ccccc2N)cc1C. The molecule has 2 rings (SSSR count). The summed E-state index contributed by atoms with van der Waals surface area (Å²) in [6.07, 6.45) is 0. The van der Waals surface area contributed by atoms with Crippen molar-refractivity contribution in [3.05, 3.63) is 53.6 Å². The molecule has 0 unspecified atom stereocenters. The van der Waals surface area contributed by atoms with Crippen molar-refractivity contribution >= 4 is 17.1 Å². The van der Waals surface area contributed by atoms with Gasteiger partial charge < -0.3 is 5.73 Å². The van der Waals surface area contributed by atoms with E-state index in [1.54, 1.807) is 0 Å². The van der Waals surface area contributed by atoms with E-state index in [9.17, 15) is 0 Å². The zero-order valence-electron chi connectivity index (χ0n) is 10.0. The Morgan fingerprint density at radius 1 is 0.882 bits per heavy atom. The van der Waals surface area contributed by atoms with Crippen LogP contribution in [0.5, 0.6) is 0 Å². The van der Waals surface area contributed by atoms with Gasteiger partial charge in [0.1, 0.15) is 5.69 Å². The van der Waals surface area contributed by atoms with Crippen LogP contribution in [0.4, 0.5) is 17.1 Å². The van der Waals surface area contributed by atoms with E-state index in [0.29, 0.717) is 11.4 Å². The molecule has 3 heteroatoms. The Morgan fingerprint density at radius 3 is 2.35 bits per heavy atom. The van der Waals surface area contributed by atoms with E-state index in [-0.39, 0.29) is 0 Å². The molecule has 0 bridgehead atoms. The van der Waals surface area contributed by atoms with E-state index in [2.05, 4.69) is 24.1 Å². The summed E-state index contributed by atoms with van der Waals surface area (Å²) in [6.45, 7) is 4.14. The molecule has 0 aliphatic carbocycles. The molecule has 0 aliphatic heterocycles. The monoisotopic (exact) mass is 225 g/mol. The first kappa shape index (κ1) is 11.3. The first-order valence-electron chi connectivity index (χ1n) is 5.50. The van der Waals surface area contributed by atoms with Gasteiger partial charge in [-0.15, -0.1) is 5.11 Å². The third-order valence-corrected chi connectivity index (χ3v) is 2.70. The summed E-state index contributed by atoms with van der Waals surface area (Å²) in [5.41, 5.74) is 10.4. The van der Waals surface area contributed by atoms with Gasteiger partial charge in [-0.2, -0.15) is 5.11 Å². The van der Waals surface area contributed by atoms with Gasteiger partial charge in [0.15, 0.2) is 0 Å². The molecule has 0 saturated heterocycles. The summed E-state index contributed by atoms with van der Waals surface area (Å²) in [5, 5.41) is 8.33. The van der Waals surface area contributed by atoms with Gasteiger partial charge >= 0.3 is 0 Å². The molecule has 0 fully saturated rings. The highest BCUT2D eigenvalue weighted by Gasteiger charge is 1.96. The molecule has 2 aromatic carbocycles. The minimum Gasteiger partial charge on any atom is -0.397 e. The molecular weight excluding hydrogens is 210 g/mol. The first-order valence-corrected chi connectivity index (χ1v) is 5.50. The Kier molecular flexibility index (Phi) is 3.19. The molecule has 0 amide bonds. The van der Waals surface area contributed by atoms with Crippen molar-refractivity contribution in [1.29, 1.82) is 0 Å². The van der Waals surface area contributed by atoms with Gasteiger partial charge in [0, 0.05) is 0 Å². The Labute approximate surface area is 101 Å². The van der Waals surface area contributed by atoms with Crippen LogP contribution >= 0.6 is 0 Å². The molecule has 2 N–H and O–H groups in total. The van der Waals surface area contributed by atoms with E-state index < -0.39 is 0 Å². The van der Waals surface area contributed by atoms with Gasteiger partial charge in [0.2, 0.25) is 0 Å². The van der Waals surface area contributed by atoms with Crippen molar-refractivity contribution in [3.63, 3.8) is 0 Å². The molecular formula is C14H15N3. The molecule has 0 atom stereocenters. The number of benzene rings is 2. The fourth-order valence-corrected chi connectivity index (χ4v) is 1.48. The zero-order chi connectivity index (χ0) is 12.3. The quantitative estimate of drug-likeness (QED) is 0.601. The van der Waals surface area contributed by atoms with Crippen molar-refractivity contribution in [2.75, 3.05) is 5.73 Å². The van der Waals surface area contributed by atoms with Crippen LogP contribution in [0.25, 0.3) is 0 Å². The van der Waals surface area contributed by atoms with E-state index in [1.165, 1.54) is 11.1 Å². The molecule has 3 nitrogen and oxygen atoms in total. The summed E-state index contributed by atoms with van der Waals surface area (Å²) >= 11 is 0. The van der Waals surface area contributed by atoms with Crippen LogP contribution in [-0.4, -0.2) is 0 Å². The number of nitrogen functional groups attached to an aromatic ring is 1. The van der Waals surface area contributed by atoms with Crippen molar-refractivity contribution in [2.45, 2.75) is 13.8 Å². The fraction of sp³-hybridized carbons (Fsp3) is 0.143. The number of nitrogens with zero attached hydrogens (tertiary/aromatic N) is 2. The van der Waals surface area contributed by atoms with Gasteiger partial charge in [-0.05, 0) is 49.2 Å². The Morgan fingerprint density at radius 2 is 1.65 bits per heavy atom. The lowest BCUT2D eigenvalue weighted by molar-refractivity contribution is 1.21. The molecule has 0 spiro atoms. The van der Waals surface area contributed by atoms with Crippen LogP contribution in [0.2, 0.25) is 0 Å². The molecule has 17 heavy (non-hydrogen) atoms. The summed E-state index contributed by atoms with van der Waals surface area (Å²) in [6, 6.07) is 13.4. The summed E-state index contributed by atoms with van der Waals surface area (Å²) in [5.74, 6) is 0.